The monoisotopic (exact) mass is 210 g/mol. The maximum Gasteiger partial charge on any atom is 0.143 e. The molecular formula is C14H12NO. The fourth-order valence-corrected chi connectivity index (χ4v) is 1.91. The van der Waals surface area contributed by atoms with E-state index in [4.69, 9.17) is 4.74 Å². The van der Waals surface area contributed by atoms with Crippen LogP contribution in [0.5, 0.6) is 5.75 Å². The highest BCUT2D eigenvalue weighted by Gasteiger charge is 2.19. The molecule has 2 heteroatoms. The van der Waals surface area contributed by atoms with Crippen molar-refractivity contribution in [2.75, 3.05) is 11.9 Å². The lowest BCUT2D eigenvalue weighted by Gasteiger charge is -2.27. The third-order valence-corrected chi connectivity index (χ3v) is 2.75. The maximum absolute atomic E-state index is 5.94. The number of hydrogen-bond donors (Lipinski definition) is 1. The second kappa shape index (κ2) is 3.89. The van der Waals surface area contributed by atoms with Crippen molar-refractivity contribution in [2.45, 2.75) is 6.10 Å². The topological polar surface area (TPSA) is 21.3 Å². The van der Waals surface area contributed by atoms with Crippen molar-refractivity contribution < 1.29 is 4.74 Å². The summed E-state index contributed by atoms with van der Waals surface area (Å²) in [5.74, 6) is 0.923. The van der Waals surface area contributed by atoms with Gasteiger partial charge >= 0.3 is 0 Å². The third-order valence-electron chi connectivity index (χ3n) is 2.75. The molecule has 0 bridgehead atoms. The number of nitrogens with one attached hydrogen (secondary N) is 1. The van der Waals surface area contributed by atoms with E-state index < -0.39 is 0 Å². The summed E-state index contributed by atoms with van der Waals surface area (Å²) in [5.41, 5.74) is 2.25. The van der Waals surface area contributed by atoms with E-state index in [9.17, 15) is 0 Å². The molecular weight excluding hydrogens is 198 g/mol. The zero-order chi connectivity index (χ0) is 10.8. The van der Waals surface area contributed by atoms with E-state index in [0.29, 0.717) is 0 Å². The molecule has 0 aliphatic carbocycles. The van der Waals surface area contributed by atoms with E-state index in [0.717, 1.165) is 18.0 Å². The van der Waals surface area contributed by atoms with Crippen molar-refractivity contribution in [3.8, 4) is 5.75 Å². The number of benzene rings is 2. The average molecular weight is 210 g/mol. The third kappa shape index (κ3) is 1.63. The summed E-state index contributed by atoms with van der Waals surface area (Å²) in [6.45, 7) is 0.807. The van der Waals surface area contributed by atoms with Crippen molar-refractivity contribution in [3.63, 3.8) is 0 Å². The molecule has 1 aliphatic rings. The van der Waals surface area contributed by atoms with Crippen molar-refractivity contribution in [2.24, 2.45) is 0 Å². The summed E-state index contributed by atoms with van der Waals surface area (Å²) in [6, 6.07) is 18.9. The molecule has 1 atom stereocenters. The Morgan fingerprint density at radius 3 is 2.81 bits per heavy atom. The van der Waals surface area contributed by atoms with E-state index in [1.807, 2.05) is 48.5 Å². The molecule has 2 aromatic carbocycles. The van der Waals surface area contributed by atoms with E-state index in [-0.39, 0.29) is 6.10 Å². The van der Waals surface area contributed by atoms with Crippen molar-refractivity contribution in [1.82, 2.24) is 0 Å². The van der Waals surface area contributed by atoms with E-state index in [1.54, 1.807) is 0 Å². The Morgan fingerprint density at radius 2 is 1.94 bits per heavy atom. The normalized spacial score (nSPS) is 18.1. The van der Waals surface area contributed by atoms with Crippen LogP contribution in [0.3, 0.4) is 0 Å². The van der Waals surface area contributed by atoms with Crippen LogP contribution in [0.1, 0.15) is 11.7 Å². The van der Waals surface area contributed by atoms with Gasteiger partial charge in [-0.15, -0.1) is 0 Å². The molecule has 16 heavy (non-hydrogen) atoms. The Kier molecular flexibility index (Phi) is 2.26. The summed E-state index contributed by atoms with van der Waals surface area (Å²) in [4.78, 5) is 0. The zero-order valence-corrected chi connectivity index (χ0v) is 8.81. The van der Waals surface area contributed by atoms with Gasteiger partial charge in [-0.05, 0) is 23.8 Å². The summed E-state index contributed by atoms with van der Waals surface area (Å²) in [5, 5.41) is 3.38. The Morgan fingerprint density at radius 1 is 1.12 bits per heavy atom. The van der Waals surface area contributed by atoms with Crippen molar-refractivity contribution >= 4 is 5.69 Å². The lowest BCUT2D eigenvalue weighted by atomic mass is 10.1. The van der Waals surface area contributed by atoms with Gasteiger partial charge in [-0.3, -0.25) is 0 Å². The van der Waals surface area contributed by atoms with Crippen LogP contribution in [0.4, 0.5) is 5.69 Å². The molecule has 1 unspecified atom stereocenters. The molecule has 0 spiro atoms. The first-order valence-corrected chi connectivity index (χ1v) is 5.39. The minimum atomic E-state index is 0.0875. The zero-order valence-electron chi connectivity index (χ0n) is 8.81. The summed E-state index contributed by atoms with van der Waals surface area (Å²) in [7, 11) is 0. The largest absolute Gasteiger partial charge is 0.482 e. The second-order valence-electron chi connectivity index (χ2n) is 3.82. The smallest absolute Gasteiger partial charge is 0.143 e. The molecule has 1 aliphatic heterocycles. The predicted molar refractivity (Wildman–Crippen MR) is 63.6 cm³/mol. The number of para-hydroxylation sites is 2. The number of rotatable bonds is 1. The Labute approximate surface area is 94.9 Å². The van der Waals surface area contributed by atoms with E-state index in [1.165, 1.54) is 5.56 Å². The van der Waals surface area contributed by atoms with E-state index >= 15 is 0 Å². The highest BCUT2D eigenvalue weighted by Crippen LogP contribution is 2.33. The maximum atomic E-state index is 5.94. The van der Waals surface area contributed by atoms with Crippen LogP contribution >= 0.6 is 0 Å². The number of anilines is 1. The van der Waals surface area contributed by atoms with Gasteiger partial charge in [0.05, 0.1) is 12.2 Å². The molecule has 0 fully saturated rings. The van der Waals surface area contributed by atoms with Gasteiger partial charge in [-0.25, -0.2) is 0 Å². The lowest BCUT2D eigenvalue weighted by Crippen LogP contribution is -2.23. The minimum Gasteiger partial charge on any atom is -0.482 e. The van der Waals surface area contributed by atoms with Crippen LogP contribution in [0.2, 0.25) is 0 Å². The Balaban J connectivity index is 1.89. The van der Waals surface area contributed by atoms with Gasteiger partial charge in [0.25, 0.3) is 0 Å². The van der Waals surface area contributed by atoms with Crippen LogP contribution in [0.25, 0.3) is 0 Å². The molecule has 1 N–H and O–H groups in total. The molecule has 1 radical (unpaired) electrons. The average Bonchev–Trinajstić information content (AvgIpc) is 2.39. The quantitative estimate of drug-likeness (QED) is 0.781. The SMILES string of the molecule is [c]1ccc(C2CNc3ccccc3O2)cc1. The van der Waals surface area contributed by atoms with Crippen LogP contribution in [0.15, 0.2) is 48.5 Å². The van der Waals surface area contributed by atoms with Gasteiger partial charge in [0.15, 0.2) is 0 Å². The van der Waals surface area contributed by atoms with Gasteiger partial charge in [0.2, 0.25) is 0 Å². The van der Waals surface area contributed by atoms with Gasteiger partial charge < -0.3 is 10.1 Å². The molecule has 3 rings (SSSR count). The number of fused-ring (bicyclic) bond motifs is 1. The Bertz CT molecular complexity index is 481. The fourth-order valence-electron chi connectivity index (χ4n) is 1.91. The first kappa shape index (κ1) is 9.28. The lowest BCUT2D eigenvalue weighted by molar-refractivity contribution is 0.210. The molecule has 0 amide bonds. The van der Waals surface area contributed by atoms with E-state index in [2.05, 4.69) is 11.4 Å². The first-order chi connectivity index (χ1) is 7.93. The molecule has 0 aromatic heterocycles. The number of hydrogen-bond acceptors (Lipinski definition) is 2. The van der Waals surface area contributed by atoms with Gasteiger partial charge in [0, 0.05) is 0 Å². The van der Waals surface area contributed by atoms with Crippen LogP contribution in [-0.4, -0.2) is 6.54 Å². The first-order valence-electron chi connectivity index (χ1n) is 5.39. The molecule has 0 saturated heterocycles. The fraction of sp³-hybridized carbons (Fsp3) is 0.143. The van der Waals surface area contributed by atoms with Crippen LogP contribution < -0.4 is 10.1 Å². The molecule has 0 saturated carbocycles. The van der Waals surface area contributed by atoms with Gasteiger partial charge in [0.1, 0.15) is 11.9 Å². The predicted octanol–water partition coefficient (Wildman–Crippen LogP) is 3.03. The second-order valence-corrected chi connectivity index (χ2v) is 3.82. The Hall–Kier alpha value is -1.96. The van der Waals surface area contributed by atoms with Gasteiger partial charge in [-0.2, -0.15) is 0 Å². The molecule has 2 aromatic rings. The molecule has 2 nitrogen and oxygen atoms in total. The molecule has 1 heterocycles. The number of ether oxygens (including phenoxy) is 1. The minimum absolute atomic E-state index is 0.0875. The van der Waals surface area contributed by atoms with Crippen LogP contribution in [-0.2, 0) is 0 Å². The summed E-state index contributed by atoms with van der Waals surface area (Å²) < 4.78 is 5.94. The highest BCUT2D eigenvalue weighted by atomic mass is 16.5. The van der Waals surface area contributed by atoms with Crippen molar-refractivity contribution in [3.05, 3.63) is 60.2 Å². The van der Waals surface area contributed by atoms with Crippen LogP contribution in [0, 0.1) is 6.07 Å². The molecule has 79 valence electrons. The standard InChI is InChI=1S/C14H12NO/c1-2-6-11(7-3-1)14-10-15-12-8-4-5-9-13(12)16-14/h2-9,14-15H,10H2. The highest BCUT2D eigenvalue weighted by molar-refractivity contribution is 5.58. The summed E-state index contributed by atoms with van der Waals surface area (Å²) >= 11 is 0. The summed E-state index contributed by atoms with van der Waals surface area (Å²) in [6.07, 6.45) is 0.0875. The van der Waals surface area contributed by atoms with Gasteiger partial charge in [-0.1, -0.05) is 36.4 Å². The van der Waals surface area contributed by atoms with Crippen molar-refractivity contribution in [1.29, 1.82) is 0 Å².